The van der Waals surface area contributed by atoms with Gasteiger partial charge < -0.3 is 9.47 Å². The summed E-state index contributed by atoms with van der Waals surface area (Å²) in [5, 5.41) is 14.0. The predicted octanol–water partition coefficient (Wildman–Crippen LogP) is 4.35. The predicted molar refractivity (Wildman–Crippen MR) is 107 cm³/mol. The van der Waals surface area contributed by atoms with Crippen molar-refractivity contribution in [2.75, 3.05) is 14.2 Å². The van der Waals surface area contributed by atoms with Crippen LogP contribution < -0.4 is 9.47 Å². The quantitative estimate of drug-likeness (QED) is 0.517. The van der Waals surface area contributed by atoms with Crippen LogP contribution >= 0.6 is 11.3 Å². The fourth-order valence-corrected chi connectivity index (χ4v) is 3.44. The Kier molecular flexibility index (Phi) is 4.60. The monoisotopic (exact) mass is 378 g/mol. The molecule has 0 amide bonds. The first-order chi connectivity index (χ1) is 13.2. The van der Waals surface area contributed by atoms with Gasteiger partial charge >= 0.3 is 0 Å². The van der Waals surface area contributed by atoms with Crippen molar-refractivity contribution in [2.24, 2.45) is 0 Å². The lowest BCUT2D eigenvalue weighted by Gasteiger charge is -2.08. The Morgan fingerprint density at radius 2 is 1.70 bits per heavy atom. The number of methoxy groups -OCH3 is 2. The fourth-order valence-electron chi connectivity index (χ4n) is 2.70. The van der Waals surface area contributed by atoms with Crippen LogP contribution in [0.2, 0.25) is 0 Å². The lowest BCUT2D eigenvalue weighted by atomic mass is 10.1. The molecule has 7 heteroatoms. The van der Waals surface area contributed by atoms with Crippen LogP contribution in [0, 0.1) is 6.92 Å². The Hall–Kier alpha value is -3.19. The second kappa shape index (κ2) is 7.20. The van der Waals surface area contributed by atoms with Crippen LogP contribution in [0.15, 0.2) is 42.5 Å². The van der Waals surface area contributed by atoms with Crippen LogP contribution in [-0.2, 0) is 0 Å². The molecule has 0 saturated heterocycles. The second-order valence-electron chi connectivity index (χ2n) is 5.97. The van der Waals surface area contributed by atoms with Crippen LogP contribution in [0.5, 0.6) is 11.5 Å². The number of rotatable bonds is 5. The highest BCUT2D eigenvalue weighted by Gasteiger charge is 2.14. The number of ether oxygens (including phenoxy) is 2. The first-order valence-electron chi connectivity index (χ1n) is 8.37. The van der Waals surface area contributed by atoms with E-state index >= 15 is 0 Å². The third kappa shape index (κ3) is 3.41. The number of hydrogen-bond acceptors (Lipinski definition) is 6. The summed E-state index contributed by atoms with van der Waals surface area (Å²) in [5.41, 5.74) is 3.23. The molecule has 6 nitrogen and oxygen atoms in total. The van der Waals surface area contributed by atoms with E-state index in [2.05, 4.69) is 46.5 Å². The minimum Gasteiger partial charge on any atom is -0.493 e. The van der Waals surface area contributed by atoms with Gasteiger partial charge in [0.15, 0.2) is 17.3 Å². The highest BCUT2D eigenvalue weighted by molar-refractivity contribution is 7.17. The molecule has 0 aliphatic heterocycles. The number of fused-ring (bicyclic) bond motifs is 1. The van der Waals surface area contributed by atoms with E-state index < -0.39 is 0 Å². The zero-order valence-electron chi connectivity index (χ0n) is 15.2. The van der Waals surface area contributed by atoms with E-state index in [1.54, 1.807) is 18.7 Å². The van der Waals surface area contributed by atoms with Crippen molar-refractivity contribution >= 4 is 28.4 Å². The van der Waals surface area contributed by atoms with Crippen LogP contribution in [0.1, 0.15) is 16.1 Å². The van der Waals surface area contributed by atoms with E-state index in [-0.39, 0.29) is 0 Å². The molecule has 0 aliphatic rings. The molecule has 2 aromatic carbocycles. The van der Waals surface area contributed by atoms with E-state index in [1.807, 2.05) is 30.4 Å². The number of nitrogens with zero attached hydrogens (tertiary/aromatic N) is 4. The van der Waals surface area contributed by atoms with Gasteiger partial charge in [0, 0.05) is 5.56 Å². The first-order valence-corrected chi connectivity index (χ1v) is 9.19. The summed E-state index contributed by atoms with van der Waals surface area (Å²) in [6.07, 6.45) is 4.03. The van der Waals surface area contributed by atoms with Crippen molar-refractivity contribution in [1.82, 2.24) is 19.8 Å². The number of aromatic nitrogens is 4. The molecule has 27 heavy (non-hydrogen) atoms. The zero-order chi connectivity index (χ0) is 18.8. The number of aryl methyl sites for hydroxylation is 1. The minimum absolute atomic E-state index is 0.640. The van der Waals surface area contributed by atoms with E-state index in [4.69, 9.17) is 9.47 Å². The minimum atomic E-state index is 0.640. The highest BCUT2D eigenvalue weighted by Crippen LogP contribution is 2.32. The molecule has 4 aromatic rings. The summed E-state index contributed by atoms with van der Waals surface area (Å²) in [5.74, 6) is 1.97. The average Bonchev–Trinajstić information content (AvgIpc) is 3.27. The molecule has 4 rings (SSSR count). The van der Waals surface area contributed by atoms with Crippen molar-refractivity contribution in [3.8, 4) is 22.9 Å². The number of hydrogen-bond donors (Lipinski definition) is 0. The van der Waals surface area contributed by atoms with E-state index in [1.165, 1.54) is 16.9 Å². The summed E-state index contributed by atoms with van der Waals surface area (Å²) >= 11 is 1.49. The van der Waals surface area contributed by atoms with E-state index in [9.17, 15) is 0 Å². The molecule has 0 fully saturated rings. The van der Waals surface area contributed by atoms with Crippen molar-refractivity contribution in [1.29, 1.82) is 0 Å². The molecule has 0 unspecified atom stereocenters. The molecule has 0 N–H and O–H groups in total. The van der Waals surface area contributed by atoms with Gasteiger partial charge in [-0.2, -0.15) is 9.61 Å². The highest BCUT2D eigenvalue weighted by atomic mass is 32.1. The van der Waals surface area contributed by atoms with Crippen molar-refractivity contribution in [2.45, 2.75) is 6.92 Å². The SMILES string of the molecule is COc1ccc(-c2nnc3sc(/C=C/c4ccc(C)cc4)nn23)cc1OC. The molecule has 0 spiro atoms. The Balaban J connectivity index is 1.67. The molecule has 0 saturated carbocycles. The molecule has 136 valence electrons. The van der Waals surface area contributed by atoms with E-state index in [0.717, 1.165) is 21.1 Å². The van der Waals surface area contributed by atoms with Gasteiger partial charge in [0.2, 0.25) is 4.96 Å². The average molecular weight is 378 g/mol. The number of benzene rings is 2. The van der Waals surface area contributed by atoms with Crippen molar-refractivity contribution in [3.63, 3.8) is 0 Å². The summed E-state index contributed by atoms with van der Waals surface area (Å²) in [6, 6.07) is 14.0. The molecular formula is C20H18N4O2S. The lowest BCUT2D eigenvalue weighted by Crippen LogP contribution is -1.94. The van der Waals surface area contributed by atoms with Gasteiger partial charge in [0.1, 0.15) is 5.01 Å². The van der Waals surface area contributed by atoms with Gasteiger partial charge in [-0.1, -0.05) is 47.2 Å². The third-order valence-corrected chi connectivity index (χ3v) is 5.01. The normalized spacial score (nSPS) is 11.4. The second-order valence-corrected chi connectivity index (χ2v) is 6.96. The Labute approximate surface area is 160 Å². The molecular weight excluding hydrogens is 360 g/mol. The van der Waals surface area contributed by atoms with Gasteiger partial charge in [-0.15, -0.1) is 10.2 Å². The summed E-state index contributed by atoms with van der Waals surface area (Å²) < 4.78 is 12.4. The maximum atomic E-state index is 5.38. The Morgan fingerprint density at radius 3 is 2.44 bits per heavy atom. The van der Waals surface area contributed by atoms with E-state index in [0.29, 0.717) is 17.3 Å². The summed E-state index contributed by atoms with van der Waals surface area (Å²) in [7, 11) is 3.22. The van der Waals surface area contributed by atoms with Gasteiger partial charge in [0.25, 0.3) is 0 Å². The zero-order valence-corrected chi connectivity index (χ0v) is 16.0. The summed E-state index contributed by atoms with van der Waals surface area (Å²) in [4.78, 5) is 0.739. The van der Waals surface area contributed by atoms with Crippen LogP contribution in [-0.4, -0.2) is 34.0 Å². The van der Waals surface area contributed by atoms with Crippen LogP contribution in [0.25, 0.3) is 28.5 Å². The van der Waals surface area contributed by atoms with Gasteiger partial charge in [-0.25, -0.2) is 0 Å². The molecule has 0 atom stereocenters. The molecule has 0 radical (unpaired) electrons. The van der Waals surface area contributed by atoms with Crippen LogP contribution in [0.3, 0.4) is 0 Å². The lowest BCUT2D eigenvalue weighted by molar-refractivity contribution is 0.355. The third-order valence-electron chi connectivity index (χ3n) is 4.14. The Bertz CT molecular complexity index is 1110. The van der Waals surface area contributed by atoms with Crippen molar-refractivity contribution in [3.05, 3.63) is 58.6 Å². The van der Waals surface area contributed by atoms with Gasteiger partial charge in [0.05, 0.1) is 14.2 Å². The summed E-state index contributed by atoms with van der Waals surface area (Å²) in [6.45, 7) is 2.08. The standard InChI is InChI=1S/C20H18N4O2S/c1-13-4-6-14(7-5-13)8-11-18-23-24-19(21-22-20(24)27-18)15-9-10-16(25-2)17(12-15)26-3/h4-12H,1-3H3/b11-8+. The fraction of sp³-hybridized carbons (Fsp3) is 0.150. The molecule has 0 bridgehead atoms. The largest absolute Gasteiger partial charge is 0.493 e. The van der Waals surface area contributed by atoms with Crippen molar-refractivity contribution < 1.29 is 9.47 Å². The first kappa shape index (κ1) is 17.2. The van der Waals surface area contributed by atoms with Gasteiger partial charge in [-0.3, -0.25) is 0 Å². The molecule has 2 heterocycles. The smallest absolute Gasteiger partial charge is 0.235 e. The topological polar surface area (TPSA) is 61.5 Å². The van der Waals surface area contributed by atoms with Crippen LogP contribution in [0.4, 0.5) is 0 Å². The maximum absolute atomic E-state index is 5.38. The van der Waals surface area contributed by atoms with Gasteiger partial charge in [-0.05, 0) is 36.8 Å². The molecule has 2 aromatic heterocycles. The molecule has 0 aliphatic carbocycles. The maximum Gasteiger partial charge on any atom is 0.235 e. The Morgan fingerprint density at radius 1 is 0.926 bits per heavy atom.